The monoisotopic (exact) mass is 403 g/mol. The Morgan fingerprint density at radius 3 is 2.25 bits per heavy atom. The molecule has 2 N–H and O–H groups in total. The Hall–Kier alpha value is -2.38. The standard InChI is InChI=1S/C21H29N3O3S/c1-5-6-13-24(4)28(26,27)20-11-9-18(10-12-20)22-15-21(25)23-19-8-7-16(2)17(3)14-19/h7-12,14,22H,5-6,13,15H2,1-4H3,(H,23,25). The first-order valence-corrected chi connectivity index (χ1v) is 10.9. The topological polar surface area (TPSA) is 78.5 Å². The summed E-state index contributed by atoms with van der Waals surface area (Å²) in [5, 5.41) is 5.86. The minimum Gasteiger partial charge on any atom is -0.376 e. The number of nitrogens with zero attached hydrogens (tertiary/aromatic N) is 1. The normalized spacial score (nSPS) is 11.5. The van der Waals surface area contributed by atoms with Crippen molar-refractivity contribution in [2.75, 3.05) is 30.8 Å². The van der Waals surface area contributed by atoms with E-state index in [4.69, 9.17) is 0 Å². The number of carbonyl (C=O) groups excluding carboxylic acids is 1. The van der Waals surface area contributed by atoms with Crippen molar-refractivity contribution < 1.29 is 13.2 Å². The quantitative estimate of drug-likeness (QED) is 0.668. The van der Waals surface area contributed by atoms with Gasteiger partial charge in [0.05, 0.1) is 11.4 Å². The summed E-state index contributed by atoms with van der Waals surface area (Å²) < 4.78 is 26.4. The molecule has 2 aromatic rings. The van der Waals surface area contributed by atoms with Gasteiger partial charge in [-0.2, -0.15) is 0 Å². The lowest BCUT2D eigenvalue weighted by molar-refractivity contribution is -0.114. The Morgan fingerprint density at radius 1 is 1.00 bits per heavy atom. The number of unbranched alkanes of at least 4 members (excludes halogenated alkanes) is 1. The maximum absolute atomic E-state index is 12.5. The molecular weight excluding hydrogens is 374 g/mol. The average Bonchev–Trinajstić information content (AvgIpc) is 2.67. The highest BCUT2D eigenvalue weighted by Crippen LogP contribution is 2.18. The van der Waals surface area contributed by atoms with Crippen molar-refractivity contribution in [3.8, 4) is 0 Å². The Morgan fingerprint density at radius 2 is 1.64 bits per heavy atom. The van der Waals surface area contributed by atoms with E-state index in [0.717, 1.165) is 24.1 Å². The molecule has 1 amide bonds. The lowest BCUT2D eigenvalue weighted by Crippen LogP contribution is -2.28. The van der Waals surface area contributed by atoms with E-state index in [0.29, 0.717) is 12.2 Å². The van der Waals surface area contributed by atoms with Crippen LogP contribution in [0.15, 0.2) is 47.4 Å². The van der Waals surface area contributed by atoms with Gasteiger partial charge in [0.1, 0.15) is 0 Å². The molecule has 0 atom stereocenters. The van der Waals surface area contributed by atoms with Crippen LogP contribution in [0.1, 0.15) is 30.9 Å². The first-order valence-electron chi connectivity index (χ1n) is 9.41. The number of hydrogen-bond acceptors (Lipinski definition) is 4. The fourth-order valence-electron chi connectivity index (χ4n) is 2.63. The molecule has 0 saturated heterocycles. The van der Waals surface area contributed by atoms with Gasteiger partial charge >= 0.3 is 0 Å². The molecule has 0 heterocycles. The molecule has 0 saturated carbocycles. The Bertz CT molecular complexity index is 909. The van der Waals surface area contributed by atoms with E-state index in [9.17, 15) is 13.2 Å². The van der Waals surface area contributed by atoms with E-state index >= 15 is 0 Å². The van der Waals surface area contributed by atoms with Crippen LogP contribution in [0.3, 0.4) is 0 Å². The lowest BCUT2D eigenvalue weighted by atomic mass is 10.1. The molecule has 0 aliphatic rings. The maximum atomic E-state index is 12.5. The van der Waals surface area contributed by atoms with Gasteiger partial charge in [0, 0.05) is 25.0 Å². The Labute approximate surface area is 168 Å². The number of amides is 1. The molecule has 0 spiro atoms. The number of hydrogen-bond donors (Lipinski definition) is 2. The molecule has 0 bridgehead atoms. The SMILES string of the molecule is CCCCN(C)S(=O)(=O)c1ccc(NCC(=O)Nc2ccc(C)c(C)c2)cc1. The van der Waals surface area contributed by atoms with E-state index in [-0.39, 0.29) is 17.3 Å². The third kappa shape index (κ3) is 5.81. The van der Waals surface area contributed by atoms with E-state index in [1.165, 1.54) is 9.87 Å². The molecule has 2 aromatic carbocycles. The second-order valence-electron chi connectivity index (χ2n) is 6.91. The van der Waals surface area contributed by atoms with Crippen LogP contribution in [-0.4, -0.2) is 38.8 Å². The summed E-state index contributed by atoms with van der Waals surface area (Å²) in [6.07, 6.45) is 1.76. The number of anilines is 2. The van der Waals surface area contributed by atoms with Crippen molar-refractivity contribution in [1.82, 2.24) is 4.31 Å². The van der Waals surface area contributed by atoms with Crippen molar-refractivity contribution >= 4 is 27.3 Å². The molecule has 0 fully saturated rings. The van der Waals surface area contributed by atoms with Crippen LogP contribution in [0.5, 0.6) is 0 Å². The summed E-state index contributed by atoms with van der Waals surface area (Å²) in [4.78, 5) is 12.4. The molecule has 0 aromatic heterocycles. The van der Waals surface area contributed by atoms with E-state index in [1.54, 1.807) is 31.3 Å². The molecular formula is C21H29N3O3S. The van der Waals surface area contributed by atoms with Gasteiger partial charge < -0.3 is 10.6 Å². The van der Waals surface area contributed by atoms with Crippen molar-refractivity contribution in [3.63, 3.8) is 0 Å². The summed E-state index contributed by atoms with van der Waals surface area (Å²) >= 11 is 0. The van der Waals surface area contributed by atoms with Crippen LogP contribution in [0, 0.1) is 13.8 Å². The summed E-state index contributed by atoms with van der Waals surface area (Å²) in [6, 6.07) is 12.2. The molecule has 0 aliphatic carbocycles. The third-order valence-electron chi connectivity index (χ3n) is 4.63. The van der Waals surface area contributed by atoms with Crippen molar-refractivity contribution in [2.45, 2.75) is 38.5 Å². The number of benzene rings is 2. The lowest BCUT2D eigenvalue weighted by Gasteiger charge is -2.17. The highest BCUT2D eigenvalue weighted by atomic mass is 32.2. The molecule has 7 heteroatoms. The van der Waals surface area contributed by atoms with Crippen LogP contribution >= 0.6 is 0 Å². The maximum Gasteiger partial charge on any atom is 0.243 e. The number of rotatable bonds is 9. The summed E-state index contributed by atoms with van der Waals surface area (Å²) in [7, 11) is -1.89. The zero-order valence-corrected chi connectivity index (χ0v) is 17.8. The van der Waals surface area contributed by atoms with E-state index in [1.807, 2.05) is 39.0 Å². The van der Waals surface area contributed by atoms with Gasteiger partial charge in [0.2, 0.25) is 15.9 Å². The first-order chi connectivity index (χ1) is 13.2. The minimum absolute atomic E-state index is 0.0927. The molecule has 152 valence electrons. The molecule has 0 aliphatic heterocycles. The predicted molar refractivity (Wildman–Crippen MR) is 114 cm³/mol. The highest BCUT2D eigenvalue weighted by molar-refractivity contribution is 7.89. The van der Waals surface area contributed by atoms with Crippen LogP contribution in [-0.2, 0) is 14.8 Å². The van der Waals surface area contributed by atoms with Crippen molar-refractivity contribution in [3.05, 3.63) is 53.6 Å². The van der Waals surface area contributed by atoms with Crippen LogP contribution in [0.2, 0.25) is 0 Å². The van der Waals surface area contributed by atoms with Crippen LogP contribution in [0.25, 0.3) is 0 Å². The van der Waals surface area contributed by atoms with Crippen molar-refractivity contribution in [2.24, 2.45) is 0 Å². The Balaban J connectivity index is 1.93. The second-order valence-corrected chi connectivity index (χ2v) is 8.95. The highest BCUT2D eigenvalue weighted by Gasteiger charge is 2.19. The second kappa shape index (κ2) is 9.71. The van der Waals surface area contributed by atoms with Crippen molar-refractivity contribution in [1.29, 1.82) is 0 Å². The van der Waals surface area contributed by atoms with Crippen LogP contribution < -0.4 is 10.6 Å². The molecule has 28 heavy (non-hydrogen) atoms. The van der Waals surface area contributed by atoms with Gasteiger partial charge in [0.15, 0.2) is 0 Å². The van der Waals surface area contributed by atoms with E-state index < -0.39 is 10.0 Å². The molecule has 0 unspecified atom stereocenters. The van der Waals surface area contributed by atoms with Gasteiger partial charge in [-0.15, -0.1) is 0 Å². The van der Waals surface area contributed by atoms with Gasteiger partial charge in [-0.3, -0.25) is 4.79 Å². The molecule has 6 nitrogen and oxygen atoms in total. The van der Waals surface area contributed by atoms with Gasteiger partial charge in [0.25, 0.3) is 0 Å². The van der Waals surface area contributed by atoms with Gasteiger partial charge in [-0.05, 0) is 67.8 Å². The number of carbonyl (C=O) groups is 1. The average molecular weight is 404 g/mol. The van der Waals surface area contributed by atoms with E-state index in [2.05, 4.69) is 10.6 Å². The van der Waals surface area contributed by atoms with Gasteiger partial charge in [-0.1, -0.05) is 19.4 Å². The number of nitrogens with one attached hydrogen (secondary N) is 2. The largest absolute Gasteiger partial charge is 0.376 e. The summed E-state index contributed by atoms with van der Waals surface area (Å²) in [5.41, 5.74) is 3.73. The number of sulfonamides is 1. The zero-order valence-electron chi connectivity index (χ0n) is 17.0. The fraction of sp³-hybridized carbons (Fsp3) is 0.381. The molecule has 2 rings (SSSR count). The zero-order chi connectivity index (χ0) is 20.7. The first kappa shape index (κ1) is 21.9. The van der Waals surface area contributed by atoms with Crippen LogP contribution in [0.4, 0.5) is 11.4 Å². The third-order valence-corrected chi connectivity index (χ3v) is 6.50. The molecule has 0 radical (unpaired) electrons. The minimum atomic E-state index is -3.48. The Kier molecular flexibility index (Phi) is 7.60. The summed E-state index contributed by atoms with van der Waals surface area (Å²) in [5.74, 6) is -0.167. The summed E-state index contributed by atoms with van der Waals surface area (Å²) in [6.45, 7) is 6.64. The fourth-order valence-corrected chi connectivity index (χ4v) is 3.84. The number of aryl methyl sites for hydroxylation is 2. The predicted octanol–water partition coefficient (Wildman–Crippen LogP) is 3.77. The smallest absolute Gasteiger partial charge is 0.243 e. The van der Waals surface area contributed by atoms with Gasteiger partial charge in [-0.25, -0.2) is 12.7 Å².